The number of hydrogen-bond acceptors (Lipinski definition) is 5. The normalized spacial score (nSPS) is 16.7. The second-order valence-electron chi connectivity index (χ2n) is 8.08. The molecule has 3 rings (SSSR count). The van der Waals surface area contributed by atoms with Crippen molar-refractivity contribution < 1.29 is 9.59 Å². The van der Waals surface area contributed by atoms with Crippen LogP contribution in [0.4, 0.5) is 5.95 Å². The first-order valence-electron chi connectivity index (χ1n) is 10.0. The minimum atomic E-state index is -0.453. The van der Waals surface area contributed by atoms with Crippen molar-refractivity contribution >= 4 is 17.8 Å². The van der Waals surface area contributed by atoms with Gasteiger partial charge in [-0.2, -0.15) is 0 Å². The van der Waals surface area contributed by atoms with E-state index in [1.54, 1.807) is 12.1 Å². The molecule has 1 atom stereocenters. The number of anilines is 1. The van der Waals surface area contributed by atoms with Crippen molar-refractivity contribution in [3.63, 3.8) is 0 Å². The number of carbonyl (C=O) groups is 2. The summed E-state index contributed by atoms with van der Waals surface area (Å²) in [7, 11) is 3.83. The molecule has 0 unspecified atom stereocenters. The van der Waals surface area contributed by atoms with Crippen molar-refractivity contribution in [1.82, 2.24) is 14.9 Å². The fraction of sp³-hybridized carbons (Fsp3) is 0.455. The molecule has 7 heteroatoms. The topological polar surface area (TPSA) is 92.4 Å². The van der Waals surface area contributed by atoms with E-state index < -0.39 is 5.91 Å². The highest BCUT2D eigenvalue weighted by Crippen LogP contribution is 2.34. The first-order chi connectivity index (χ1) is 13.8. The third kappa shape index (κ3) is 4.55. The van der Waals surface area contributed by atoms with Crippen LogP contribution in [0.15, 0.2) is 30.5 Å². The van der Waals surface area contributed by atoms with Gasteiger partial charge in [-0.25, -0.2) is 9.97 Å². The van der Waals surface area contributed by atoms with Gasteiger partial charge in [-0.1, -0.05) is 26.0 Å². The fourth-order valence-electron chi connectivity index (χ4n) is 3.71. The second kappa shape index (κ2) is 8.59. The monoisotopic (exact) mass is 395 g/mol. The number of nitrogens with zero attached hydrogens (tertiary/aromatic N) is 4. The molecule has 2 amide bonds. The van der Waals surface area contributed by atoms with E-state index >= 15 is 0 Å². The zero-order valence-corrected chi connectivity index (χ0v) is 17.6. The van der Waals surface area contributed by atoms with Crippen LogP contribution in [-0.4, -0.2) is 53.9 Å². The summed E-state index contributed by atoms with van der Waals surface area (Å²) in [5.74, 6) is 0.496. The van der Waals surface area contributed by atoms with Crippen LogP contribution in [0.2, 0.25) is 0 Å². The lowest BCUT2D eigenvalue weighted by Gasteiger charge is -2.34. The predicted octanol–water partition coefficient (Wildman–Crippen LogP) is 2.67. The summed E-state index contributed by atoms with van der Waals surface area (Å²) in [5, 5.41) is 0. The minimum absolute atomic E-state index is 0.0164. The molecule has 29 heavy (non-hydrogen) atoms. The number of nitrogens with two attached hydrogens (primary N) is 1. The number of likely N-dealkylation sites (tertiary alicyclic amines) is 1. The molecule has 1 aromatic heterocycles. The summed E-state index contributed by atoms with van der Waals surface area (Å²) >= 11 is 0. The lowest BCUT2D eigenvalue weighted by molar-refractivity contribution is -0.135. The van der Waals surface area contributed by atoms with Crippen molar-refractivity contribution in [2.75, 3.05) is 32.1 Å². The van der Waals surface area contributed by atoms with E-state index in [1.165, 1.54) is 0 Å². The van der Waals surface area contributed by atoms with Crippen LogP contribution in [0, 0.1) is 5.92 Å². The smallest absolute Gasteiger partial charge is 0.248 e. The Morgan fingerprint density at radius 1 is 1.21 bits per heavy atom. The Labute approximate surface area is 171 Å². The van der Waals surface area contributed by atoms with E-state index in [0.29, 0.717) is 18.1 Å². The van der Waals surface area contributed by atoms with Gasteiger partial charge < -0.3 is 15.5 Å². The number of benzene rings is 1. The Kier molecular flexibility index (Phi) is 6.15. The highest BCUT2D eigenvalue weighted by Gasteiger charge is 2.29. The average molecular weight is 396 g/mol. The van der Waals surface area contributed by atoms with E-state index in [9.17, 15) is 9.59 Å². The molecule has 2 N–H and O–H groups in total. The largest absolute Gasteiger partial charge is 0.366 e. The second-order valence-corrected chi connectivity index (χ2v) is 8.08. The molecule has 1 aromatic carbocycles. The zero-order valence-electron chi connectivity index (χ0n) is 17.6. The van der Waals surface area contributed by atoms with Crippen LogP contribution >= 0.6 is 0 Å². The summed E-state index contributed by atoms with van der Waals surface area (Å²) in [6.45, 7) is 5.33. The van der Waals surface area contributed by atoms with Crippen molar-refractivity contribution in [3.8, 4) is 11.1 Å². The van der Waals surface area contributed by atoms with Gasteiger partial charge >= 0.3 is 0 Å². The molecule has 1 fully saturated rings. The van der Waals surface area contributed by atoms with Crippen LogP contribution in [0.1, 0.15) is 48.7 Å². The molecule has 0 bridgehead atoms. The molecule has 154 valence electrons. The molecule has 0 saturated carbocycles. The van der Waals surface area contributed by atoms with Gasteiger partial charge in [-0.15, -0.1) is 0 Å². The number of carbonyl (C=O) groups excluding carboxylic acids is 2. The van der Waals surface area contributed by atoms with Crippen LogP contribution < -0.4 is 10.6 Å². The lowest BCUT2D eigenvalue weighted by atomic mass is 9.89. The highest BCUT2D eigenvalue weighted by molar-refractivity contribution is 5.93. The first kappa shape index (κ1) is 20.8. The number of piperidine rings is 1. The van der Waals surface area contributed by atoms with Gasteiger partial charge in [-0.05, 0) is 30.5 Å². The van der Waals surface area contributed by atoms with E-state index in [0.717, 1.165) is 36.2 Å². The Morgan fingerprint density at radius 3 is 2.48 bits per heavy atom. The molecule has 2 heterocycles. The molecule has 0 aliphatic carbocycles. The van der Waals surface area contributed by atoms with Crippen LogP contribution in [0.3, 0.4) is 0 Å². The van der Waals surface area contributed by atoms with Crippen molar-refractivity contribution in [2.45, 2.75) is 32.6 Å². The maximum atomic E-state index is 12.5. The summed E-state index contributed by atoms with van der Waals surface area (Å²) in [5.41, 5.74) is 8.63. The van der Waals surface area contributed by atoms with Gasteiger partial charge in [0.1, 0.15) is 0 Å². The van der Waals surface area contributed by atoms with Gasteiger partial charge in [-0.3, -0.25) is 9.59 Å². The summed E-state index contributed by atoms with van der Waals surface area (Å²) in [4.78, 5) is 37.1. The van der Waals surface area contributed by atoms with E-state index in [-0.39, 0.29) is 17.7 Å². The van der Waals surface area contributed by atoms with Gasteiger partial charge in [0.15, 0.2) is 0 Å². The molecule has 1 aliphatic heterocycles. The van der Waals surface area contributed by atoms with Crippen LogP contribution in [-0.2, 0) is 4.79 Å². The zero-order chi connectivity index (χ0) is 21.1. The van der Waals surface area contributed by atoms with Crippen molar-refractivity contribution in [1.29, 1.82) is 0 Å². The molecule has 2 aromatic rings. The molecular formula is C22H29N5O2. The maximum absolute atomic E-state index is 12.5. The number of rotatable bonds is 5. The van der Waals surface area contributed by atoms with E-state index in [4.69, 9.17) is 10.7 Å². The standard InChI is InChI=1S/C22H29N5O2/c1-14(2)21(29)27-11-5-6-17(13-27)19-18(12-24-22(25-19)26(3)4)15-7-9-16(10-8-15)20(23)28/h7-10,12,14,17H,5-6,11,13H2,1-4H3,(H2,23,28)/t17-/m0/s1. The van der Waals surface area contributed by atoms with Crippen LogP contribution in [0.5, 0.6) is 0 Å². The lowest BCUT2D eigenvalue weighted by Crippen LogP contribution is -2.41. The third-order valence-electron chi connectivity index (χ3n) is 5.30. The Hall–Kier alpha value is -2.96. The molecule has 0 spiro atoms. The maximum Gasteiger partial charge on any atom is 0.248 e. The SMILES string of the molecule is CC(C)C(=O)N1CCC[C@H](c2nc(N(C)C)ncc2-c2ccc(C(N)=O)cc2)C1. The number of primary amides is 1. The molecule has 1 aliphatic rings. The van der Waals surface area contributed by atoms with Gasteiger partial charge in [0.25, 0.3) is 0 Å². The van der Waals surface area contributed by atoms with Crippen molar-refractivity contribution in [2.24, 2.45) is 11.7 Å². The Balaban J connectivity index is 2.00. The molecule has 0 radical (unpaired) electrons. The summed E-state index contributed by atoms with van der Waals surface area (Å²) in [6.07, 6.45) is 3.75. The average Bonchev–Trinajstić information content (AvgIpc) is 2.72. The van der Waals surface area contributed by atoms with E-state index in [2.05, 4.69) is 4.98 Å². The number of aromatic nitrogens is 2. The van der Waals surface area contributed by atoms with E-state index in [1.807, 2.05) is 56.1 Å². The number of amides is 2. The molecule has 1 saturated heterocycles. The van der Waals surface area contributed by atoms with Gasteiger partial charge in [0.05, 0.1) is 5.69 Å². The Bertz CT molecular complexity index is 893. The van der Waals surface area contributed by atoms with Crippen LogP contribution in [0.25, 0.3) is 11.1 Å². The molecule has 7 nitrogen and oxygen atoms in total. The summed E-state index contributed by atoms with van der Waals surface area (Å²) in [6, 6.07) is 7.18. The third-order valence-corrected chi connectivity index (χ3v) is 5.30. The minimum Gasteiger partial charge on any atom is -0.366 e. The Morgan fingerprint density at radius 2 is 1.90 bits per heavy atom. The summed E-state index contributed by atoms with van der Waals surface area (Å²) < 4.78 is 0. The quantitative estimate of drug-likeness (QED) is 0.840. The molecular weight excluding hydrogens is 366 g/mol. The van der Waals surface area contributed by atoms with Gasteiger partial charge in [0.2, 0.25) is 17.8 Å². The highest BCUT2D eigenvalue weighted by atomic mass is 16.2. The number of hydrogen-bond donors (Lipinski definition) is 1. The van der Waals surface area contributed by atoms with Gasteiger partial charge in [0, 0.05) is 56.3 Å². The van der Waals surface area contributed by atoms with Crippen molar-refractivity contribution in [3.05, 3.63) is 41.7 Å². The fourth-order valence-corrected chi connectivity index (χ4v) is 3.71. The first-order valence-corrected chi connectivity index (χ1v) is 10.0. The predicted molar refractivity (Wildman–Crippen MR) is 114 cm³/mol.